The highest BCUT2D eigenvalue weighted by Crippen LogP contribution is 2.42. The van der Waals surface area contributed by atoms with Crippen molar-refractivity contribution >= 4 is 5.97 Å². The zero-order valence-corrected chi connectivity index (χ0v) is 5.87. The summed E-state index contributed by atoms with van der Waals surface area (Å²) in [6.07, 6.45) is 4.25. The molecule has 0 unspecified atom stereocenters. The van der Waals surface area contributed by atoms with Gasteiger partial charge in [-0.2, -0.15) is 0 Å². The summed E-state index contributed by atoms with van der Waals surface area (Å²) in [4.78, 5) is 10.4. The van der Waals surface area contributed by atoms with Gasteiger partial charge in [0, 0.05) is 5.92 Å². The van der Waals surface area contributed by atoms with Crippen molar-refractivity contribution in [1.82, 2.24) is 0 Å². The fourth-order valence-corrected chi connectivity index (χ4v) is 1.02. The molecule has 0 aliphatic heterocycles. The fourth-order valence-electron chi connectivity index (χ4n) is 1.02. The maximum absolute atomic E-state index is 10.4. The van der Waals surface area contributed by atoms with E-state index >= 15 is 0 Å². The average molecular weight is 141 g/mol. The largest absolute Gasteiger partial charge is 0.480 e. The van der Waals surface area contributed by atoms with Crippen LogP contribution in [0.1, 0.15) is 13.3 Å². The molecular weight excluding hydrogens is 130 g/mol. The molecule has 3 N–H and O–H groups in total. The van der Waals surface area contributed by atoms with E-state index in [2.05, 4.69) is 0 Å². The van der Waals surface area contributed by atoms with Crippen molar-refractivity contribution in [2.45, 2.75) is 18.9 Å². The first-order valence-corrected chi connectivity index (χ1v) is 3.26. The second-order valence-corrected chi connectivity index (χ2v) is 2.68. The van der Waals surface area contributed by atoms with Gasteiger partial charge in [-0.15, -0.1) is 0 Å². The lowest BCUT2D eigenvalue weighted by Crippen LogP contribution is -2.34. The molecule has 1 aliphatic carbocycles. The zero-order chi connectivity index (χ0) is 7.78. The van der Waals surface area contributed by atoms with Gasteiger partial charge in [0.05, 0.1) is 0 Å². The van der Waals surface area contributed by atoms with Crippen LogP contribution in [0.25, 0.3) is 0 Å². The molecular formula is C7H11NO2. The van der Waals surface area contributed by atoms with Crippen LogP contribution in [-0.2, 0) is 4.79 Å². The van der Waals surface area contributed by atoms with E-state index in [0.717, 1.165) is 0 Å². The Bertz CT molecular complexity index is 188. The second-order valence-electron chi connectivity index (χ2n) is 2.68. The minimum absolute atomic E-state index is 0.0509. The van der Waals surface area contributed by atoms with E-state index in [9.17, 15) is 4.79 Å². The lowest BCUT2D eigenvalue weighted by molar-refractivity contribution is -0.139. The van der Waals surface area contributed by atoms with E-state index in [1.54, 1.807) is 0 Å². The van der Waals surface area contributed by atoms with Crippen LogP contribution in [0.5, 0.6) is 0 Å². The molecule has 1 rings (SSSR count). The van der Waals surface area contributed by atoms with Gasteiger partial charge in [0.1, 0.15) is 5.54 Å². The molecule has 0 aromatic heterocycles. The van der Waals surface area contributed by atoms with Gasteiger partial charge in [0.15, 0.2) is 0 Å². The Kier molecular flexibility index (Phi) is 1.52. The number of carboxylic acid groups (broad SMARTS) is 1. The van der Waals surface area contributed by atoms with E-state index < -0.39 is 11.5 Å². The van der Waals surface area contributed by atoms with Crippen molar-refractivity contribution in [2.24, 2.45) is 11.7 Å². The van der Waals surface area contributed by atoms with E-state index in [-0.39, 0.29) is 5.92 Å². The van der Waals surface area contributed by atoms with Crippen LogP contribution in [0.15, 0.2) is 12.2 Å². The Morgan fingerprint density at radius 3 is 2.80 bits per heavy atom. The molecule has 0 bridgehead atoms. The minimum atomic E-state index is -0.952. The van der Waals surface area contributed by atoms with Crippen molar-refractivity contribution in [1.29, 1.82) is 0 Å². The highest BCUT2D eigenvalue weighted by atomic mass is 16.4. The molecule has 0 heterocycles. The normalized spacial score (nSPS) is 38.4. The van der Waals surface area contributed by atoms with Gasteiger partial charge in [-0.1, -0.05) is 12.2 Å². The third kappa shape index (κ3) is 0.926. The Morgan fingerprint density at radius 1 is 1.90 bits per heavy atom. The van der Waals surface area contributed by atoms with Crippen LogP contribution in [0.2, 0.25) is 0 Å². The molecule has 1 fully saturated rings. The molecule has 0 aromatic carbocycles. The molecule has 1 aliphatic rings. The van der Waals surface area contributed by atoms with E-state index in [0.29, 0.717) is 6.42 Å². The van der Waals surface area contributed by atoms with Gasteiger partial charge in [-0.3, -0.25) is 4.79 Å². The summed E-state index contributed by atoms with van der Waals surface area (Å²) in [6, 6.07) is 0. The lowest BCUT2D eigenvalue weighted by atomic mass is 10.2. The second kappa shape index (κ2) is 2.09. The molecule has 0 spiro atoms. The van der Waals surface area contributed by atoms with Crippen molar-refractivity contribution < 1.29 is 9.90 Å². The van der Waals surface area contributed by atoms with Gasteiger partial charge in [0.2, 0.25) is 0 Å². The van der Waals surface area contributed by atoms with Crippen LogP contribution < -0.4 is 5.73 Å². The first-order chi connectivity index (χ1) is 4.61. The quantitative estimate of drug-likeness (QED) is 0.546. The van der Waals surface area contributed by atoms with E-state index in [1.807, 2.05) is 19.1 Å². The molecule has 3 heteroatoms. The number of carbonyl (C=O) groups is 1. The van der Waals surface area contributed by atoms with Gasteiger partial charge in [0.25, 0.3) is 0 Å². The smallest absolute Gasteiger partial charge is 0.324 e. The molecule has 0 radical (unpaired) electrons. The molecule has 56 valence electrons. The lowest BCUT2D eigenvalue weighted by Gasteiger charge is -1.99. The van der Waals surface area contributed by atoms with Gasteiger partial charge in [-0.05, 0) is 13.3 Å². The summed E-state index contributed by atoms with van der Waals surface area (Å²) in [5.41, 5.74) is 4.52. The number of nitrogens with two attached hydrogens (primary N) is 1. The molecule has 1 saturated carbocycles. The van der Waals surface area contributed by atoms with Crippen LogP contribution in [0.4, 0.5) is 0 Å². The summed E-state index contributed by atoms with van der Waals surface area (Å²) >= 11 is 0. The minimum Gasteiger partial charge on any atom is -0.480 e. The summed E-state index contributed by atoms with van der Waals surface area (Å²) in [7, 11) is 0. The fraction of sp³-hybridized carbons (Fsp3) is 0.571. The monoisotopic (exact) mass is 141 g/mol. The Morgan fingerprint density at radius 2 is 2.50 bits per heavy atom. The number of carboxylic acids is 1. The number of hydrogen-bond donors (Lipinski definition) is 2. The maximum Gasteiger partial charge on any atom is 0.324 e. The Balaban J connectivity index is 2.56. The van der Waals surface area contributed by atoms with Crippen LogP contribution in [0, 0.1) is 5.92 Å². The van der Waals surface area contributed by atoms with Gasteiger partial charge >= 0.3 is 5.97 Å². The molecule has 0 amide bonds. The van der Waals surface area contributed by atoms with Crippen LogP contribution in [0.3, 0.4) is 0 Å². The average Bonchev–Trinajstić information content (AvgIpc) is 2.45. The predicted molar refractivity (Wildman–Crippen MR) is 37.5 cm³/mol. The van der Waals surface area contributed by atoms with E-state index in [4.69, 9.17) is 10.8 Å². The number of aliphatic carboxylic acids is 1. The summed E-state index contributed by atoms with van der Waals surface area (Å²) < 4.78 is 0. The van der Waals surface area contributed by atoms with Crippen molar-refractivity contribution in [3.63, 3.8) is 0 Å². The molecule has 2 atom stereocenters. The third-order valence-electron chi connectivity index (χ3n) is 1.88. The number of rotatable bonds is 2. The predicted octanol–water partition coefficient (Wildman–Crippen LogP) is 0.365. The molecule has 10 heavy (non-hydrogen) atoms. The van der Waals surface area contributed by atoms with Crippen molar-refractivity contribution in [3.05, 3.63) is 12.2 Å². The number of hydrogen-bond acceptors (Lipinski definition) is 2. The van der Waals surface area contributed by atoms with Gasteiger partial charge < -0.3 is 10.8 Å². The third-order valence-corrected chi connectivity index (χ3v) is 1.88. The number of allylic oxidation sites excluding steroid dienone is 1. The standard InChI is InChI=1S/C7H11NO2/c1-2-3-5-4-7(5,8)6(9)10/h2-3,5H,4,8H2,1H3,(H,9,10)/b3-2+/t5-,7+/m1/s1. The molecule has 3 nitrogen and oxygen atoms in total. The van der Waals surface area contributed by atoms with Crippen molar-refractivity contribution in [3.8, 4) is 0 Å². The van der Waals surface area contributed by atoms with Gasteiger partial charge in [-0.25, -0.2) is 0 Å². The highest BCUT2D eigenvalue weighted by Gasteiger charge is 2.55. The summed E-state index contributed by atoms with van der Waals surface area (Å²) in [5.74, 6) is -0.842. The maximum atomic E-state index is 10.4. The van der Waals surface area contributed by atoms with Crippen LogP contribution in [-0.4, -0.2) is 16.6 Å². The Hall–Kier alpha value is -0.830. The first kappa shape index (κ1) is 7.28. The summed E-state index contributed by atoms with van der Waals surface area (Å²) in [6.45, 7) is 1.86. The molecule has 0 saturated heterocycles. The Labute approximate surface area is 59.5 Å². The topological polar surface area (TPSA) is 63.3 Å². The SMILES string of the molecule is C/C=C/[C@@H]1C[C@@]1(N)C(=O)O. The van der Waals surface area contributed by atoms with Crippen LogP contribution >= 0.6 is 0 Å². The highest BCUT2D eigenvalue weighted by molar-refractivity contribution is 5.83. The summed E-state index contributed by atoms with van der Waals surface area (Å²) in [5, 5.41) is 8.55. The molecule has 0 aromatic rings. The van der Waals surface area contributed by atoms with Crippen molar-refractivity contribution in [2.75, 3.05) is 0 Å². The van der Waals surface area contributed by atoms with E-state index in [1.165, 1.54) is 0 Å². The zero-order valence-electron chi connectivity index (χ0n) is 5.87. The first-order valence-electron chi connectivity index (χ1n) is 3.26.